The maximum Gasteiger partial charge on any atom is 0.261 e. The van der Waals surface area contributed by atoms with Gasteiger partial charge >= 0.3 is 0 Å². The fourth-order valence-electron chi connectivity index (χ4n) is 3.39. The number of aryl methyl sites for hydroxylation is 1. The van der Waals surface area contributed by atoms with E-state index in [0.717, 1.165) is 27.2 Å². The highest BCUT2D eigenvalue weighted by Gasteiger charge is 2.20. The van der Waals surface area contributed by atoms with Crippen LogP contribution in [0.3, 0.4) is 0 Å². The van der Waals surface area contributed by atoms with Gasteiger partial charge in [-0.05, 0) is 56.9 Å². The maximum atomic E-state index is 13.2. The van der Waals surface area contributed by atoms with Gasteiger partial charge in [0.1, 0.15) is 16.4 Å². The van der Waals surface area contributed by atoms with Crippen LogP contribution in [0.1, 0.15) is 32.7 Å². The van der Waals surface area contributed by atoms with Crippen molar-refractivity contribution < 1.29 is 13.6 Å². The summed E-state index contributed by atoms with van der Waals surface area (Å²) in [6.45, 7) is 2.89. The summed E-state index contributed by atoms with van der Waals surface area (Å²) >= 11 is 1.41. The number of halogens is 1. The molecule has 6 nitrogen and oxygen atoms in total. The summed E-state index contributed by atoms with van der Waals surface area (Å²) < 4.78 is 20.5. The topological polar surface area (TPSA) is 63.3 Å². The van der Waals surface area contributed by atoms with E-state index in [1.165, 1.54) is 23.5 Å². The average Bonchev–Trinajstić information content (AvgIpc) is 3.43. The largest absolute Gasteiger partial charge is 0.468 e. The van der Waals surface area contributed by atoms with Gasteiger partial charge in [-0.3, -0.25) is 14.4 Å². The lowest BCUT2D eigenvalue weighted by Gasteiger charge is -2.22. The molecule has 0 saturated heterocycles. The van der Waals surface area contributed by atoms with Crippen molar-refractivity contribution in [2.75, 3.05) is 20.6 Å². The molecule has 1 N–H and O–H groups in total. The zero-order valence-corrected chi connectivity index (χ0v) is 17.9. The number of amides is 1. The molecule has 4 aromatic rings. The van der Waals surface area contributed by atoms with Gasteiger partial charge in [-0.1, -0.05) is 12.1 Å². The second-order valence-corrected chi connectivity index (χ2v) is 8.43. The molecule has 1 aromatic carbocycles. The lowest BCUT2D eigenvalue weighted by Crippen LogP contribution is -2.34. The van der Waals surface area contributed by atoms with Crippen molar-refractivity contribution in [3.63, 3.8) is 0 Å². The van der Waals surface area contributed by atoms with Crippen LogP contribution in [0.15, 0.2) is 53.1 Å². The van der Waals surface area contributed by atoms with Crippen LogP contribution < -0.4 is 5.32 Å². The number of aromatic nitrogens is 2. The fraction of sp³-hybridized carbons (Fsp3) is 0.273. The Labute approximate surface area is 177 Å². The Morgan fingerprint density at radius 3 is 2.73 bits per heavy atom. The molecule has 0 fully saturated rings. The number of carbonyl (C=O) groups excluding carboxylic acids is 1. The number of likely N-dealkylation sites (N-methyl/N-ethyl adjacent to an activating group) is 1. The second-order valence-electron chi connectivity index (χ2n) is 7.40. The molecule has 0 spiro atoms. The van der Waals surface area contributed by atoms with E-state index in [4.69, 9.17) is 4.42 Å². The van der Waals surface area contributed by atoms with E-state index in [-0.39, 0.29) is 17.8 Å². The molecule has 0 aliphatic heterocycles. The standard InChI is InChI=1S/C22H23FN4O2S/c1-14-17-11-20(21(28)24-12-18(26(2)3)19-5-4-10-29-19)30-22(17)27(25-14)13-15-6-8-16(23)9-7-15/h4-11,18H,12-13H2,1-3H3,(H,24,28). The highest BCUT2D eigenvalue weighted by atomic mass is 32.1. The van der Waals surface area contributed by atoms with Crippen molar-refractivity contribution in [1.29, 1.82) is 0 Å². The van der Waals surface area contributed by atoms with Crippen molar-refractivity contribution in [2.45, 2.75) is 19.5 Å². The first kappa shape index (κ1) is 20.3. The van der Waals surface area contributed by atoms with Crippen molar-refractivity contribution >= 4 is 27.5 Å². The van der Waals surface area contributed by atoms with Crippen LogP contribution in [-0.4, -0.2) is 41.2 Å². The third-order valence-electron chi connectivity index (χ3n) is 5.03. The first-order valence-corrected chi connectivity index (χ1v) is 10.4. The molecule has 0 aliphatic rings. The van der Waals surface area contributed by atoms with Crippen molar-refractivity contribution in [1.82, 2.24) is 20.0 Å². The molecule has 3 heterocycles. The predicted molar refractivity (Wildman–Crippen MR) is 115 cm³/mol. The van der Waals surface area contributed by atoms with Crippen LogP contribution in [0, 0.1) is 12.7 Å². The van der Waals surface area contributed by atoms with Gasteiger partial charge < -0.3 is 9.73 Å². The Hall–Kier alpha value is -2.97. The summed E-state index contributed by atoms with van der Waals surface area (Å²) in [6.07, 6.45) is 1.63. The summed E-state index contributed by atoms with van der Waals surface area (Å²) in [7, 11) is 3.90. The molecule has 0 saturated carbocycles. The molecule has 1 unspecified atom stereocenters. The van der Waals surface area contributed by atoms with Crippen LogP contribution in [0.4, 0.5) is 4.39 Å². The third kappa shape index (κ3) is 4.15. The maximum absolute atomic E-state index is 13.2. The minimum absolute atomic E-state index is 0.0472. The summed E-state index contributed by atoms with van der Waals surface area (Å²) in [5.74, 6) is 0.422. The summed E-state index contributed by atoms with van der Waals surface area (Å²) in [4.78, 5) is 16.4. The zero-order chi connectivity index (χ0) is 21.3. The fourth-order valence-corrected chi connectivity index (χ4v) is 4.47. The summed E-state index contributed by atoms with van der Waals surface area (Å²) in [6, 6.07) is 12.0. The van der Waals surface area contributed by atoms with Gasteiger partial charge in [-0.25, -0.2) is 4.39 Å². The lowest BCUT2D eigenvalue weighted by atomic mass is 10.2. The van der Waals surface area contributed by atoms with E-state index in [0.29, 0.717) is 18.0 Å². The molecule has 156 valence electrons. The monoisotopic (exact) mass is 426 g/mol. The number of hydrogen-bond acceptors (Lipinski definition) is 5. The van der Waals surface area contributed by atoms with Gasteiger partial charge in [0.05, 0.1) is 29.4 Å². The quantitative estimate of drug-likeness (QED) is 0.481. The molecular weight excluding hydrogens is 403 g/mol. The number of rotatable bonds is 7. The molecular formula is C22H23FN4O2S. The van der Waals surface area contributed by atoms with Gasteiger partial charge in [-0.2, -0.15) is 5.10 Å². The smallest absolute Gasteiger partial charge is 0.261 e. The number of thiophene rings is 1. The van der Waals surface area contributed by atoms with Gasteiger partial charge in [0.25, 0.3) is 5.91 Å². The Bertz CT molecular complexity index is 1150. The Morgan fingerprint density at radius 1 is 1.30 bits per heavy atom. The highest BCUT2D eigenvalue weighted by molar-refractivity contribution is 7.20. The number of nitrogens with one attached hydrogen (secondary N) is 1. The first-order valence-electron chi connectivity index (χ1n) is 9.62. The molecule has 1 atom stereocenters. The van der Waals surface area contributed by atoms with E-state index in [1.807, 2.05) is 48.8 Å². The van der Waals surface area contributed by atoms with Gasteiger partial charge in [0.15, 0.2) is 0 Å². The van der Waals surface area contributed by atoms with Crippen LogP contribution in [0.25, 0.3) is 10.2 Å². The number of carbonyl (C=O) groups is 1. The minimum Gasteiger partial charge on any atom is -0.468 e. The molecule has 30 heavy (non-hydrogen) atoms. The summed E-state index contributed by atoms with van der Waals surface area (Å²) in [5, 5.41) is 8.55. The second kappa shape index (κ2) is 8.41. The highest BCUT2D eigenvalue weighted by Crippen LogP contribution is 2.29. The summed E-state index contributed by atoms with van der Waals surface area (Å²) in [5.41, 5.74) is 1.82. The van der Waals surface area contributed by atoms with Crippen molar-refractivity contribution in [3.8, 4) is 0 Å². The molecule has 1 amide bonds. The number of benzene rings is 1. The molecule has 4 rings (SSSR count). The normalized spacial score (nSPS) is 12.6. The average molecular weight is 427 g/mol. The predicted octanol–water partition coefficient (Wildman–Crippen LogP) is 4.22. The SMILES string of the molecule is Cc1nn(Cc2ccc(F)cc2)c2sc(C(=O)NCC(c3ccco3)N(C)C)cc12. The number of hydrogen-bond donors (Lipinski definition) is 1. The van der Waals surface area contributed by atoms with Crippen LogP contribution in [0.2, 0.25) is 0 Å². The van der Waals surface area contributed by atoms with E-state index in [9.17, 15) is 9.18 Å². The van der Waals surface area contributed by atoms with Crippen molar-refractivity contribution in [2.24, 2.45) is 0 Å². The molecule has 0 bridgehead atoms. The molecule has 0 radical (unpaired) electrons. The lowest BCUT2D eigenvalue weighted by molar-refractivity contribution is 0.0943. The van der Waals surface area contributed by atoms with E-state index >= 15 is 0 Å². The van der Waals surface area contributed by atoms with E-state index < -0.39 is 0 Å². The van der Waals surface area contributed by atoms with E-state index in [1.54, 1.807) is 18.4 Å². The number of furan rings is 1. The van der Waals surface area contributed by atoms with Crippen molar-refractivity contribution in [3.05, 3.63) is 76.4 Å². The first-order chi connectivity index (χ1) is 14.4. The molecule has 0 aliphatic carbocycles. The van der Waals surface area contributed by atoms with Gasteiger partial charge in [-0.15, -0.1) is 11.3 Å². The molecule has 3 aromatic heterocycles. The number of nitrogens with zero attached hydrogens (tertiary/aromatic N) is 3. The van der Waals surface area contributed by atoms with Crippen LogP contribution >= 0.6 is 11.3 Å². The Balaban J connectivity index is 1.51. The van der Waals surface area contributed by atoms with Gasteiger partial charge in [0, 0.05) is 11.9 Å². The van der Waals surface area contributed by atoms with Crippen LogP contribution in [0.5, 0.6) is 0 Å². The zero-order valence-electron chi connectivity index (χ0n) is 17.1. The Kier molecular flexibility index (Phi) is 5.69. The molecule has 8 heteroatoms. The number of fused-ring (bicyclic) bond motifs is 1. The Morgan fingerprint density at radius 2 is 2.07 bits per heavy atom. The van der Waals surface area contributed by atoms with Crippen LogP contribution in [-0.2, 0) is 6.54 Å². The van der Waals surface area contributed by atoms with Gasteiger partial charge in [0.2, 0.25) is 0 Å². The third-order valence-corrected chi connectivity index (χ3v) is 6.17. The minimum atomic E-state index is -0.263. The van der Waals surface area contributed by atoms with E-state index in [2.05, 4.69) is 10.4 Å².